The van der Waals surface area contributed by atoms with E-state index in [1.54, 1.807) is 0 Å². The molecule has 0 aromatic carbocycles. The molecule has 0 bridgehead atoms. The molecular formula is C18H31N3O3. The second-order valence-electron chi connectivity index (χ2n) is 7.92. The Balaban J connectivity index is 2.01. The predicted octanol–water partition coefficient (Wildman–Crippen LogP) is 2.28. The fraction of sp³-hybridized carbons (Fsp3) is 0.778. The second-order valence-corrected chi connectivity index (χ2v) is 7.92. The number of rotatable bonds is 5. The van der Waals surface area contributed by atoms with Gasteiger partial charge in [-0.3, -0.25) is 9.48 Å². The van der Waals surface area contributed by atoms with Crippen molar-refractivity contribution < 1.29 is 14.6 Å². The minimum atomic E-state index is -0.535. The standard InChI is InChI=1S/C18H31N3O3/c1-12(2)15-10-14(20-21(15)18(3,4)5)17(23)19-11-16(22)13-6-8-24-9-7-13/h10,12-13,16,22H,6-9,11H2,1-5H3,(H,19,23)/t16-/m1/s1. The number of hydrogen-bond donors (Lipinski definition) is 2. The largest absolute Gasteiger partial charge is 0.391 e. The third-order valence-electron chi connectivity index (χ3n) is 4.48. The first kappa shape index (κ1) is 18.9. The minimum absolute atomic E-state index is 0.181. The Morgan fingerprint density at radius 2 is 2.04 bits per heavy atom. The highest BCUT2D eigenvalue weighted by atomic mass is 16.5. The summed E-state index contributed by atoms with van der Waals surface area (Å²) in [5, 5.41) is 17.6. The molecule has 6 nitrogen and oxygen atoms in total. The molecule has 0 radical (unpaired) electrons. The van der Waals surface area contributed by atoms with Crippen LogP contribution in [0.2, 0.25) is 0 Å². The van der Waals surface area contributed by atoms with E-state index in [4.69, 9.17) is 4.74 Å². The summed E-state index contributed by atoms with van der Waals surface area (Å²) in [6.45, 7) is 12.0. The molecule has 1 amide bonds. The molecule has 1 aliphatic rings. The van der Waals surface area contributed by atoms with Crippen molar-refractivity contribution in [3.8, 4) is 0 Å². The number of nitrogens with zero attached hydrogens (tertiary/aromatic N) is 2. The lowest BCUT2D eigenvalue weighted by molar-refractivity contribution is 0.00870. The van der Waals surface area contributed by atoms with Crippen LogP contribution < -0.4 is 5.32 Å². The normalized spacial score (nSPS) is 18.0. The number of amides is 1. The van der Waals surface area contributed by atoms with Crippen LogP contribution in [0, 0.1) is 5.92 Å². The molecule has 0 unspecified atom stereocenters. The molecule has 0 aliphatic carbocycles. The average Bonchev–Trinajstić information content (AvgIpc) is 2.99. The SMILES string of the molecule is CC(C)c1cc(C(=O)NC[C@@H](O)C2CCOCC2)nn1C(C)(C)C. The quantitative estimate of drug-likeness (QED) is 0.864. The number of nitrogens with one attached hydrogen (secondary N) is 1. The fourth-order valence-corrected chi connectivity index (χ4v) is 3.01. The maximum Gasteiger partial charge on any atom is 0.271 e. The summed E-state index contributed by atoms with van der Waals surface area (Å²) in [6, 6.07) is 1.85. The van der Waals surface area contributed by atoms with Crippen molar-refractivity contribution >= 4 is 5.91 Å². The number of hydrogen-bond acceptors (Lipinski definition) is 4. The van der Waals surface area contributed by atoms with Gasteiger partial charge in [0.1, 0.15) is 5.69 Å². The van der Waals surface area contributed by atoms with Gasteiger partial charge in [0, 0.05) is 25.5 Å². The van der Waals surface area contributed by atoms with Gasteiger partial charge in [0.05, 0.1) is 11.6 Å². The van der Waals surface area contributed by atoms with Gasteiger partial charge in [-0.05, 0) is 51.5 Å². The molecule has 1 atom stereocenters. The molecule has 136 valence electrons. The summed E-state index contributed by atoms with van der Waals surface area (Å²) < 4.78 is 7.22. The van der Waals surface area contributed by atoms with Crippen LogP contribution in [0.25, 0.3) is 0 Å². The van der Waals surface area contributed by atoms with Crippen LogP contribution in [0.15, 0.2) is 6.07 Å². The van der Waals surface area contributed by atoms with E-state index in [0.717, 1.165) is 18.5 Å². The molecule has 2 heterocycles. The van der Waals surface area contributed by atoms with Crippen LogP contribution in [0.5, 0.6) is 0 Å². The van der Waals surface area contributed by atoms with E-state index in [-0.39, 0.29) is 29.8 Å². The molecular weight excluding hydrogens is 306 g/mol. The summed E-state index contributed by atoms with van der Waals surface area (Å²) in [5.74, 6) is 0.245. The van der Waals surface area contributed by atoms with Crippen molar-refractivity contribution in [1.82, 2.24) is 15.1 Å². The van der Waals surface area contributed by atoms with Crippen molar-refractivity contribution in [2.45, 2.75) is 65.0 Å². The first-order chi connectivity index (χ1) is 11.2. The maximum absolute atomic E-state index is 12.4. The Morgan fingerprint density at radius 3 is 2.54 bits per heavy atom. The predicted molar refractivity (Wildman–Crippen MR) is 93.2 cm³/mol. The number of aliphatic hydroxyl groups is 1. The highest BCUT2D eigenvalue weighted by Gasteiger charge is 2.25. The zero-order valence-corrected chi connectivity index (χ0v) is 15.5. The Hall–Kier alpha value is -1.40. The van der Waals surface area contributed by atoms with Crippen LogP contribution in [0.4, 0.5) is 0 Å². The lowest BCUT2D eigenvalue weighted by Gasteiger charge is -2.26. The van der Waals surface area contributed by atoms with E-state index < -0.39 is 6.10 Å². The van der Waals surface area contributed by atoms with Crippen LogP contribution >= 0.6 is 0 Å². The van der Waals surface area contributed by atoms with Crippen molar-refractivity contribution in [2.75, 3.05) is 19.8 Å². The molecule has 1 saturated heterocycles. The van der Waals surface area contributed by atoms with Gasteiger partial charge in [-0.2, -0.15) is 5.10 Å². The van der Waals surface area contributed by atoms with E-state index in [9.17, 15) is 9.90 Å². The summed E-state index contributed by atoms with van der Waals surface area (Å²) in [5.41, 5.74) is 1.27. The van der Waals surface area contributed by atoms with Gasteiger partial charge in [-0.15, -0.1) is 0 Å². The van der Waals surface area contributed by atoms with Crippen molar-refractivity contribution in [3.63, 3.8) is 0 Å². The smallest absolute Gasteiger partial charge is 0.271 e. The molecule has 2 rings (SSSR count). The maximum atomic E-state index is 12.4. The first-order valence-corrected chi connectivity index (χ1v) is 8.84. The highest BCUT2D eigenvalue weighted by Crippen LogP contribution is 2.23. The summed E-state index contributed by atoms with van der Waals surface area (Å²) >= 11 is 0. The van der Waals surface area contributed by atoms with Crippen LogP contribution in [0.3, 0.4) is 0 Å². The summed E-state index contributed by atoms with van der Waals surface area (Å²) in [7, 11) is 0. The number of ether oxygens (including phenoxy) is 1. The fourth-order valence-electron chi connectivity index (χ4n) is 3.01. The minimum Gasteiger partial charge on any atom is -0.391 e. The molecule has 24 heavy (non-hydrogen) atoms. The van der Waals surface area contributed by atoms with E-state index in [0.29, 0.717) is 18.9 Å². The number of carbonyl (C=O) groups is 1. The topological polar surface area (TPSA) is 76.4 Å². The van der Waals surface area contributed by atoms with Gasteiger partial charge in [-0.25, -0.2) is 0 Å². The van der Waals surface area contributed by atoms with Gasteiger partial charge in [0.2, 0.25) is 0 Å². The zero-order chi connectivity index (χ0) is 17.9. The molecule has 0 saturated carbocycles. The van der Waals surface area contributed by atoms with E-state index in [1.807, 2.05) is 10.7 Å². The van der Waals surface area contributed by atoms with Gasteiger partial charge in [0.15, 0.2) is 0 Å². The Labute approximate surface area is 144 Å². The monoisotopic (exact) mass is 337 g/mol. The van der Waals surface area contributed by atoms with Gasteiger partial charge >= 0.3 is 0 Å². The average molecular weight is 337 g/mol. The first-order valence-electron chi connectivity index (χ1n) is 8.84. The molecule has 1 aromatic heterocycles. The van der Waals surface area contributed by atoms with Crippen molar-refractivity contribution in [1.29, 1.82) is 0 Å². The number of carbonyl (C=O) groups excluding carboxylic acids is 1. The molecule has 0 spiro atoms. The van der Waals surface area contributed by atoms with Crippen molar-refractivity contribution in [2.24, 2.45) is 5.92 Å². The van der Waals surface area contributed by atoms with Gasteiger partial charge in [0.25, 0.3) is 5.91 Å². The van der Waals surface area contributed by atoms with E-state index >= 15 is 0 Å². The van der Waals surface area contributed by atoms with Crippen LogP contribution in [0.1, 0.15) is 69.6 Å². The lowest BCUT2D eigenvalue weighted by atomic mass is 9.94. The molecule has 1 aliphatic heterocycles. The van der Waals surface area contributed by atoms with E-state index in [2.05, 4.69) is 45.0 Å². The van der Waals surface area contributed by atoms with Crippen molar-refractivity contribution in [3.05, 3.63) is 17.5 Å². The third-order valence-corrected chi connectivity index (χ3v) is 4.48. The van der Waals surface area contributed by atoms with Crippen LogP contribution in [-0.2, 0) is 10.3 Å². The lowest BCUT2D eigenvalue weighted by Crippen LogP contribution is -2.38. The zero-order valence-electron chi connectivity index (χ0n) is 15.5. The number of aliphatic hydroxyl groups excluding tert-OH is 1. The van der Waals surface area contributed by atoms with Crippen LogP contribution in [-0.4, -0.2) is 46.7 Å². The third kappa shape index (κ3) is 4.57. The molecule has 1 fully saturated rings. The Morgan fingerprint density at radius 1 is 1.42 bits per heavy atom. The van der Waals surface area contributed by atoms with Gasteiger partial charge in [-0.1, -0.05) is 13.8 Å². The molecule has 6 heteroatoms. The summed E-state index contributed by atoms with van der Waals surface area (Å²) in [6.07, 6.45) is 1.15. The Bertz CT molecular complexity index is 554. The molecule has 2 N–H and O–H groups in total. The summed E-state index contributed by atoms with van der Waals surface area (Å²) in [4.78, 5) is 12.4. The van der Waals surface area contributed by atoms with E-state index in [1.165, 1.54) is 0 Å². The Kier molecular flexibility index (Phi) is 6.04. The van der Waals surface area contributed by atoms with Gasteiger partial charge < -0.3 is 15.2 Å². The second kappa shape index (κ2) is 7.66. The highest BCUT2D eigenvalue weighted by molar-refractivity contribution is 5.92. The molecule has 1 aromatic rings. The number of aromatic nitrogens is 2.